The molecule has 22 heavy (non-hydrogen) atoms. The van der Waals surface area contributed by atoms with Gasteiger partial charge in [-0.15, -0.1) is 0 Å². The highest BCUT2D eigenvalue weighted by molar-refractivity contribution is 6.36. The molecule has 0 aliphatic heterocycles. The fraction of sp³-hybridized carbons (Fsp3) is 0.188. The van der Waals surface area contributed by atoms with Crippen LogP contribution >= 0.6 is 23.2 Å². The number of ether oxygens (including phenoxy) is 1. The second kappa shape index (κ2) is 7.47. The van der Waals surface area contributed by atoms with E-state index in [-0.39, 0.29) is 11.7 Å². The molecule has 0 heterocycles. The fourth-order valence-electron chi connectivity index (χ4n) is 1.80. The Labute approximate surface area is 138 Å². The third kappa shape index (κ3) is 4.36. The number of carbonyl (C=O) groups is 1. The van der Waals surface area contributed by atoms with E-state index < -0.39 is 0 Å². The van der Waals surface area contributed by atoms with Gasteiger partial charge in [0, 0.05) is 12.1 Å². The van der Waals surface area contributed by atoms with Gasteiger partial charge in [0.05, 0.1) is 17.1 Å². The number of halogens is 3. The highest BCUT2D eigenvalue weighted by Crippen LogP contribution is 2.22. The van der Waals surface area contributed by atoms with Gasteiger partial charge in [0.25, 0.3) is 5.91 Å². The van der Waals surface area contributed by atoms with Gasteiger partial charge in [-0.25, -0.2) is 4.39 Å². The van der Waals surface area contributed by atoms with Crippen molar-refractivity contribution in [1.29, 1.82) is 0 Å². The number of benzene rings is 2. The Hall–Kier alpha value is -1.78. The van der Waals surface area contributed by atoms with Gasteiger partial charge in [0.1, 0.15) is 18.2 Å². The molecule has 0 N–H and O–H groups in total. The number of hydrogen-bond donors (Lipinski definition) is 0. The molecule has 0 atom stereocenters. The van der Waals surface area contributed by atoms with E-state index in [0.717, 1.165) is 0 Å². The lowest BCUT2D eigenvalue weighted by Crippen LogP contribution is -2.31. The summed E-state index contributed by atoms with van der Waals surface area (Å²) >= 11 is 11.8. The predicted molar refractivity (Wildman–Crippen MR) is 85.3 cm³/mol. The first-order valence-corrected chi connectivity index (χ1v) is 7.32. The quantitative estimate of drug-likeness (QED) is 0.812. The summed E-state index contributed by atoms with van der Waals surface area (Å²) in [6.45, 7) is 0.661. The van der Waals surface area contributed by atoms with Crippen molar-refractivity contribution in [2.24, 2.45) is 0 Å². The summed E-state index contributed by atoms with van der Waals surface area (Å²) in [5.41, 5.74) is 0.385. The molecule has 0 fully saturated rings. The van der Waals surface area contributed by atoms with Crippen LogP contribution < -0.4 is 4.74 Å². The van der Waals surface area contributed by atoms with Crippen molar-refractivity contribution in [3.05, 3.63) is 63.9 Å². The van der Waals surface area contributed by atoms with E-state index in [9.17, 15) is 9.18 Å². The second-order valence-corrected chi connectivity index (χ2v) is 5.50. The van der Waals surface area contributed by atoms with Crippen LogP contribution in [0.1, 0.15) is 10.4 Å². The maximum atomic E-state index is 12.8. The minimum Gasteiger partial charge on any atom is -0.492 e. The highest BCUT2D eigenvalue weighted by Gasteiger charge is 2.15. The van der Waals surface area contributed by atoms with Gasteiger partial charge in [-0.2, -0.15) is 0 Å². The van der Waals surface area contributed by atoms with Gasteiger partial charge < -0.3 is 9.64 Å². The minimum absolute atomic E-state index is 0.218. The molecule has 0 aliphatic carbocycles. The number of carbonyl (C=O) groups excluding carboxylic acids is 1. The largest absolute Gasteiger partial charge is 0.492 e. The van der Waals surface area contributed by atoms with Gasteiger partial charge in [0.15, 0.2) is 0 Å². The Morgan fingerprint density at radius 1 is 1.18 bits per heavy atom. The summed E-state index contributed by atoms with van der Waals surface area (Å²) in [6, 6.07) is 10.4. The average molecular weight is 342 g/mol. The molecule has 2 aromatic carbocycles. The first kappa shape index (κ1) is 16.6. The van der Waals surface area contributed by atoms with Crippen molar-refractivity contribution in [2.45, 2.75) is 0 Å². The van der Waals surface area contributed by atoms with Crippen molar-refractivity contribution in [1.82, 2.24) is 4.90 Å². The number of likely N-dealkylation sites (N-methyl/N-ethyl adjacent to an activating group) is 1. The molecule has 2 aromatic rings. The molecule has 2 rings (SSSR count). The summed E-state index contributed by atoms with van der Waals surface area (Å²) < 4.78 is 18.2. The van der Waals surface area contributed by atoms with Crippen LogP contribution in [0, 0.1) is 5.82 Å². The van der Waals surface area contributed by atoms with E-state index in [4.69, 9.17) is 27.9 Å². The Morgan fingerprint density at radius 2 is 1.86 bits per heavy atom. The number of hydrogen-bond acceptors (Lipinski definition) is 2. The van der Waals surface area contributed by atoms with Gasteiger partial charge >= 0.3 is 0 Å². The Balaban J connectivity index is 1.90. The third-order valence-corrected chi connectivity index (χ3v) is 3.57. The molecule has 0 saturated heterocycles. The average Bonchev–Trinajstić information content (AvgIpc) is 2.48. The van der Waals surface area contributed by atoms with E-state index in [0.29, 0.717) is 34.5 Å². The number of nitrogens with zero attached hydrogens (tertiary/aromatic N) is 1. The molecule has 0 aromatic heterocycles. The third-order valence-electron chi connectivity index (χ3n) is 3.02. The van der Waals surface area contributed by atoms with Crippen molar-refractivity contribution in [3.8, 4) is 5.75 Å². The van der Waals surface area contributed by atoms with Crippen LogP contribution in [0.3, 0.4) is 0 Å². The zero-order valence-electron chi connectivity index (χ0n) is 11.9. The van der Waals surface area contributed by atoms with Gasteiger partial charge in [-0.05, 0) is 42.5 Å². The van der Waals surface area contributed by atoms with Crippen molar-refractivity contribution in [3.63, 3.8) is 0 Å². The lowest BCUT2D eigenvalue weighted by atomic mass is 10.2. The summed E-state index contributed by atoms with van der Waals surface area (Å²) in [4.78, 5) is 13.8. The monoisotopic (exact) mass is 341 g/mol. The lowest BCUT2D eigenvalue weighted by molar-refractivity contribution is 0.0774. The molecule has 0 saturated carbocycles. The van der Waals surface area contributed by atoms with E-state index in [1.165, 1.54) is 35.2 Å². The summed E-state index contributed by atoms with van der Waals surface area (Å²) in [6.07, 6.45) is 0. The normalized spacial score (nSPS) is 10.4. The Morgan fingerprint density at radius 3 is 2.50 bits per heavy atom. The first-order chi connectivity index (χ1) is 10.5. The van der Waals surface area contributed by atoms with Crippen LogP contribution in [0.5, 0.6) is 5.75 Å². The Kier molecular flexibility index (Phi) is 5.63. The zero-order valence-corrected chi connectivity index (χ0v) is 13.4. The first-order valence-electron chi connectivity index (χ1n) is 6.56. The number of rotatable bonds is 5. The van der Waals surface area contributed by atoms with Crippen LogP contribution in [0.15, 0.2) is 42.5 Å². The lowest BCUT2D eigenvalue weighted by Gasteiger charge is -2.18. The highest BCUT2D eigenvalue weighted by atomic mass is 35.5. The standard InChI is InChI=1S/C16H14Cl2FNO2/c1-20(8-9-22-13-5-3-12(19)4-6-13)16(21)14-7-2-11(17)10-15(14)18/h2-7,10H,8-9H2,1H3. The molecule has 116 valence electrons. The summed E-state index contributed by atoms with van der Waals surface area (Å²) in [5.74, 6) is 0.00757. The van der Waals surface area contributed by atoms with E-state index in [1.54, 1.807) is 19.2 Å². The van der Waals surface area contributed by atoms with Crippen molar-refractivity contribution in [2.75, 3.05) is 20.2 Å². The van der Waals surface area contributed by atoms with E-state index in [1.807, 2.05) is 0 Å². The van der Waals surface area contributed by atoms with Crippen LogP contribution in [0.4, 0.5) is 4.39 Å². The summed E-state index contributed by atoms with van der Waals surface area (Å²) in [7, 11) is 1.65. The van der Waals surface area contributed by atoms with Gasteiger partial charge in [0.2, 0.25) is 0 Å². The molecule has 3 nitrogen and oxygen atoms in total. The molecule has 0 bridgehead atoms. The van der Waals surface area contributed by atoms with Crippen LogP contribution in [0.25, 0.3) is 0 Å². The van der Waals surface area contributed by atoms with E-state index >= 15 is 0 Å². The van der Waals surface area contributed by atoms with Crippen molar-refractivity contribution < 1.29 is 13.9 Å². The van der Waals surface area contributed by atoms with Crippen molar-refractivity contribution >= 4 is 29.1 Å². The molecule has 1 amide bonds. The smallest absolute Gasteiger partial charge is 0.255 e. The van der Waals surface area contributed by atoms with Gasteiger partial charge in [-0.3, -0.25) is 4.79 Å². The second-order valence-electron chi connectivity index (χ2n) is 4.65. The molecule has 0 spiro atoms. The van der Waals surface area contributed by atoms with E-state index in [2.05, 4.69) is 0 Å². The fourth-order valence-corrected chi connectivity index (χ4v) is 2.29. The van der Waals surface area contributed by atoms with Crippen LogP contribution in [-0.4, -0.2) is 31.0 Å². The molecule has 0 unspecified atom stereocenters. The molecular weight excluding hydrogens is 328 g/mol. The number of amides is 1. The molecular formula is C16H14Cl2FNO2. The predicted octanol–water partition coefficient (Wildman–Crippen LogP) is 4.28. The molecule has 6 heteroatoms. The Bertz CT molecular complexity index is 662. The summed E-state index contributed by atoms with van der Waals surface area (Å²) in [5, 5.41) is 0.785. The molecule has 0 radical (unpaired) electrons. The zero-order chi connectivity index (χ0) is 16.1. The SMILES string of the molecule is CN(CCOc1ccc(F)cc1)C(=O)c1ccc(Cl)cc1Cl. The minimum atomic E-state index is -0.322. The van der Waals surface area contributed by atoms with Crippen LogP contribution in [0.2, 0.25) is 10.0 Å². The molecule has 0 aliphatic rings. The topological polar surface area (TPSA) is 29.5 Å². The maximum Gasteiger partial charge on any atom is 0.255 e. The maximum absolute atomic E-state index is 12.8. The van der Waals surface area contributed by atoms with Gasteiger partial charge in [-0.1, -0.05) is 23.2 Å². The van der Waals surface area contributed by atoms with Crippen LogP contribution in [-0.2, 0) is 0 Å².